The first-order valence-corrected chi connectivity index (χ1v) is 12.3. The standard InChI is InChI=1S/C24H21ClN4O8S/c1-34-24(32)23(15-4-2-3-5-16(15)25)28-9-8-19-14(12-28)10-22(38-19)36-21(31)7-6-20(30)35-13-17-18(11-26)29(33)37-27-17/h2-5,10,23H,6-9,12-13H2,1H3/t23-/m0/s1/i1D3. The Morgan fingerprint density at radius 2 is 2.16 bits per heavy atom. The number of rotatable bonds is 9. The predicted molar refractivity (Wildman–Crippen MR) is 129 cm³/mol. The summed E-state index contributed by atoms with van der Waals surface area (Å²) in [7, 11) is -2.93. The Bertz CT molecular complexity index is 1500. The van der Waals surface area contributed by atoms with Crippen molar-refractivity contribution in [3.05, 3.63) is 68.0 Å². The van der Waals surface area contributed by atoms with Crippen molar-refractivity contribution < 1.29 is 42.2 Å². The smallest absolute Gasteiger partial charge is 0.327 e. The molecule has 0 amide bonds. The summed E-state index contributed by atoms with van der Waals surface area (Å²) in [4.78, 5) is 39.8. The van der Waals surface area contributed by atoms with Gasteiger partial charge in [-0.2, -0.15) is 5.26 Å². The highest BCUT2D eigenvalue weighted by Crippen LogP contribution is 2.37. The lowest BCUT2D eigenvalue weighted by molar-refractivity contribution is -0.804. The molecule has 0 radical (unpaired) electrons. The minimum atomic E-state index is -2.93. The highest BCUT2D eigenvalue weighted by molar-refractivity contribution is 7.14. The summed E-state index contributed by atoms with van der Waals surface area (Å²) in [5.41, 5.74) is 0.587. The van der Waals surface area contributed by atoms with Gasteiger partial charge in [-0.1, -0.05) is 29.8 Å². The number of carbonyl (C=O) groups is 3. The molecule has 1 aliphatic rings. The minimum absolute atomic E-state index is 0.111. The van der Waals surface area contributed by atoms with Crippen LogP contribution < -0.4 is 9.64 Å². The number of nitriles is 1. The molecule has 1 aromatic carbocycles. The fourth-order valence-corrected chi connectivity index (χ4v) is 5.15. The van der Waals surface area contributed by atoms with Crippen molar-refractivity contribution in [1.29, 1.82) is 5.26 Å². The number of ether oxygens (including phenoxy) is 3. The molecule has 0 fully saturated rings. The third-order valence-corrected chi connectivity index (χ3v) is 7.13. The molecule has 0 N–H and O–H groups in total. The normalized spacial score (nSPS) is 15.2. The average molecular weight is 564 g/mol. The van der Waals surface area contributed by atoms with Crippen LogP contribution in [0.4, 0.5) is 0 Å². The molecular formula is C24H21ClN4O8S. The van der Waals surface area contributed by atoms with Crippen molar-refractivity contribution in [3.63, 3.8) is 0 Å². The molecule has 0 spiro atoms. The van der Waals surface area contributed by atoms with Crippen molar-refractivity contribution in [2.45, 2.75) is 38.5 Å². The minimum Gasteiger partial charge on any atom is -0.468 e. The Balaban J connectivity index is 1.36. The number of aromatic nitrogens is 2. The van der Waals surface area contributed by atoms with Crippen LogP contribution in [0.15, 0.2) is 35.0 Å². The monoisotopic (exact) mass is 563 g/mol. The number of fused-ring (bicyclic) bond motifs is 1. The van der Waals surface area contributed by atoms with Crippen LogP contribution in [0.2, 0.25) is 5.02 Å². The van der Waals surface area contributed by atoms with E-state index >= 15 is 0 Å². The van der Waals surface area contributed by atoms with Gasteiger partial charge in [-0.3, -0.25) is 19.1 Å². The largest absolute Gasteiger partial charge is 0.468 e. The van der Waals surface area contributed by atoms with E-state index in [0.717, 1.165) is 10.4 Å². The molecule has 0 bridgehead atoms. The van der Waals surface area contributed by atoms with Crippen LogP contribution in [0.25, 0.3) is 0 Å². The van der Waals surface area contributed by atoms with Crippen molar-refractivity contribution in [1.82, 2.24) is 10.1 Å². The van der Waals surface area contributed by atoms with Gasteiger partial charge in [-0.15, -0.1) is 11.3 Å². The van der Waals surface area contributed by atoms with Gasteiger partial charge in [-0.05, 0) is 34.6 Å². The first kappa shape index (κ1) is 23.2. The number of thiophene rings is 1. The van der Waals surface area contributed by atoms with Gasteiger partial charge in [0, 0.05) is 28.1 Å². The fourth-order valence-electron chi connectivity index (χ4n) is 3.89. The third-order valence-electron chi connectivity index (χ3n) is 5.67. The lowest BCUT2D eigenvalue weighted by atomic mass is 10.0. The molecule has 198 valence electrons. The van der Waals surface area contributed by atoms with Crippen molar-refractivity contribution in [3.8, 4) is 11.1 Å². The van der Waals surface area contributed by atoms with E-state index in [1.807, 2.05) is 0 Å². The average Bonchev–Trinajstić information content (AvgIpc) is 3.47. The topological polar surface area (TPSA) is 159 Å². The Morgan fingerprint density at radius 3 is 2.92 bits per heavy atom. The van der Waals surface area contributed by atoms with Gasteiger partial charge in [0.15, 0.2) is 17.7 Å². The van der Waals surface area contributed by atoms with Crippen LogP contribution in [0.5, 0.6) is 5.06 Å². The first-order valence-electron chi connectivity index (χ1n) is 12.6. The number of hydrogen-bond acceptors (Lipinski definition) is 12. The maximum Gasteiger partial charge on any atom is 0.327 e. The lowest BCUT2D eigenvalue weighted by Gasteiger charge is -2.33. The van der Waals surface area contributed by atoms with Gasteiger partial charge >= 0.3 is 23.6 Å². The zero-order chi connectivity index (χ0) is 29.7. The molecular weight excluding hydrogens is 540 g/mol. The number of esters is 3. The molecule has 2 aromatic heterocycles. The summed E-state index contributed by atoms with van der Waals surface area (Å²) >= 11 is 7.58. The Hall–Kier alpha value is -3.99. The van der Waals surface area contributed by atoms with E-state index in [1.54, 1.807) is 41.3 Å². The first-order chi connectivity index (χ1) is 19.4. The number of nitrogens with zero attached hydrogens (tertiary/aromatic N) is 4. The predicted octanol–water partition coefficient (Wildman–Crippen LogP) is 2.60. The molecule has 3 heterocycles. The zero-order valence-corrected chi connectivity index (χ0v) is 21.1. The summed E-state index contributed by atoms with van der Waals surface area (Å²) in [5, 5.41) is 24.0. The Kier molecular flexibility index (Phi) is 7.33. The molecule has 0 aliphatic carbocycles. The molecule has 14 heteroatoms. The van der Waals surface area contributed by atoms with Gasteiger partial charge in [-0.25, -0.2) is 4.79 Å². The third kappa shape index (κ3) is 6.10. The second-order valence-corrected chi connectivity index (χ2v) is 9.56. The van der Waals surface area contributed by atoms with Gasteiger partial charge in [0.2, 0.25) is 0 Å². The van der Waals surface area contributed by atoms with Crippen LogP contribution in [-0.4, -0.2) is 41.5 Å². The summed E-state index contributed by atoms with van der Waals surface area (Å²) in [6.45, 7) is 0.140. The van der Waals surface area contributed by atoms with Crippen LogP contribution >= 0.6 is 22.9 Å². The number of benzene rings is 1. The number of carbonyl (C=O) groups excluding carboxylic acids is 3. The molecule has 1 atom stereocenters. The second-order valence-electron chi connectivity index (χ2n) is 8.05. The van der Waals surface area contributed by atoms with Crippen LogP contribution in [0, 0.1) is 16.5 Å². The summed E-state index contributed by atoms with van der Waals surface area (Å²) < 4.78 is 41.3. The molecule has 4 rings (SSSR count). The SMILES string of the molecule is [2H]C([2H])([2H])OC(=O)[C@H](c1ccccc1Cl)N1CCc2sc(OC(=O)CCC(=O)OCc3no[n+]([O-])c3C#N)cc2C1. The van der Waals surface area contributed by atoms with Crippen LogP contribution in [0.3, 0.4) is 0 Å². The Labute approximate surface area is 229 Å². The lowest BCUT2D eigenvalue weighted by Crippen LogP contribution is -2.38. The number of hydrogen-bond donors (Lipinski definition) is 0. The molecule has 38 heavy (non-hydrogen) atoms. The quantitative estimate of drug-likeness (QED) is 0.278. The van der Waals surface area contributed by atoms with Crippen LogP contribution in [-0.2, 0) is 43.4 Å². The molecule has 12 nitrogen and oxygen atoms in total. The molecule has 1 aliphatic heterocycles. The highest BCUT2D eigenvalue weighted by atomic mass is 35.5. The molecule has 0 saturated carbocycles. The van der Waals surface area contributed by atoms with E-state index in [0.29, 0.717) is 18.5 Å². The number of methoxy groups -OCH3 is 1. The van der Waals surface area contributed by atoms with E-state index in [4.69, 9.17) is 35.2 Å². The fraction of sp³-hybridized carbons (Fsp3) is 0.333. The van der Waals surface area contributed by atoms with Crippen molar-refractivity contribution in [2.75, 3.05) is 13.6 Å². The van der Waals surface area contributed by atoms with Gasteiger partial charge in [0.1, 0.15) is 6.04 Å². The number of halogens is 1. The summed E-state index contributed by atoms with van der Waals surface area (Å²) in [6.07, 6.45) is -0.129. The van der Waals surface area contributed by atoms with E-state index in [-0.39, 0.29) is 40.1 Å². The van der Waals surface area contributed by atoms with E-state index in [2.05, 4.69) is 9.79 Å². The zero-order valence-electron chi connectivity index (χ0n) is 22.5. The van der Waals surface area contributed by atoms with E-state index in [9.17, 15) is 19.6 Å². The Morgan fingerprint density at radius 1 is 1.37 bits per heavy atom. The molecule has 0 unspecified atom stereocenters. The van der Waals surface area contributed by atoms with Gasteiger partial charge in [0.25, 0.3) is 5.69 Å². The van der Waals surface area contributed by atoms with E-state index < -0.39 is 43.3 Å². The van der Waals surface area contributed by atoms with Gasteiger partial charge in [0.05, 0.1) is 24.0 Å². The summed E-state index contributed by atoms with van der Waals surface area (Å²) in [6, 6.07) is 8.75. The van der Waals surface area contributed by atoms with Crippen molar-refractivity contribution >= 4 is 40.8 Å². The highest BCUT2D eigenvalue weighted by Gasteiger charge is 2.33. The maximum atomic E-state index is 12.9. The maximum absolute atomic E-state index is 12.9. The van der Waals surface area contributed by atoms with Crippen molar-refractivity contribution in [2.24, 2.45) is 0 Å². The molecule has 0 saturated heterocycles. The van der Waals surface area contributed by atoms with E-state index in [1.165, 1.54) is 11.3 Å². The van der Waals surface area contributed by atoms with Gasteiger partial charge < -0.3 is 19.4 Å². The van der Waals surface area contributed by atoms with Crippen LogP contribution in [0.1, 0.15) is 50.4 Å². The summed E-state index contributed by atoms with van der Waals surface area (Å²) in [5.74, 6) is -2.43. The molecule has 3 aromatic rings. The second kappa shape index (κ2) is 12.0.